The van der Waals surface area contributed by atoms with Gasteiger partial charge in [0.2, 0.25) is 0 Å². The number of hydrogen-bond acceptors (Lipinski definition) is 9. The van der Waals surface area contributed by atoms with Crippen molar-refractivity contribution in [1.29, 1.82) is 0 Å². The molecular formula is C30H34N4O7S. The van der Waals surface area contributed by atoms with Crippen LogP contribution in [0.4, 0.5) is 11.5 Å². The van der Waals surface area contributed by atoms with Gasteiger partial charge in [-0.1, -0.05) is 11.2 Å². The molecule has 1 amide bonds. The minimum Gasteiger partial charge on any atom is -0.495 e. The van der Waals surface area contributed by atoms with Gasteiger partial charge in [-0.15, -0.1) is 0 Å². The van der Waals surface area contributed by atoms with E-state index in [0.717, 1.165) is 42.7 Å². The lowest BCUT2D eigenvalue weighted by molar-refractivity contribution is 0.00355. The molecule has 0 radical (unpaired) electrons. The zero-order valence-electron chi connectivity index (χ0n) is 23.9. The second-order valence-electron chi connectivity index (χ2n) is 11.6. The molecule has 2 aliphatic carbocycles. The summed E-state index contributed by atoms with van der Waals surface area (Å²) in [5.41, 5.74) is 4.33. The maximum absolute atomic E-state index is 13.9. The quantitative estimate of drug-likeness (QED) is 0.435. The van der Waals surface area contributed by atoms with Gasteiger partial charge in [-0.2, -0.15) is 0 Å². The molecule has 1 aromatic heterocycles. The molecule has 0 unspecified atom stereocenters. The molecule has 1 spiro atoms. The first kappa shape index (κ1) is 27.1. The molecule has 222 valence electrons. The van der Waals surface area contributed by atoms with Crippen molar-refractivity contribution in [2.24, 2.45) is 0 Å². The first-order valence-electron chi connectivity index (χ1n) is 14.3. The van der Waals surface area contributed by atoms with Gasteiger partial charge in [0.05, 0.1) is 33.5 Å². The number of ether oxygens (including phenoxy) is 3. The Morgan fingerprint density at radius 1 is 1.10 bits per heavy atom. The van der Waals surface area contributed by atoms with Gasteiger partial charge >= 0.3 is 0 Å². The Kier molecular flexibility index (Phi) is 6.39. The molecule has 1 saturated carbocycles. The number of methoxy groups -OCH3 is 2. The molecule has 11 nitrogen and oxygen atoms in total. The Labute approximate surface area is 244 Å². The Morgan fingerprint density at radius 3 is 2.45 bits per heavy atom. The number of hydrogen-bond donors (Lipinski definition) is 1. The standard InChI is InChI=1S/C30H34N4O7S/c1-18-17-40-12-11-34(18)29(35)19-13-24(38-2)27(25(14-19)39-3)42(36,37)32-28-22-16-30(7-8-30)23-6-5-20(33-9-4-10-33)15-21(23)26(22)41-31-28/h5-6,13-15,18H,4,7-12,16-17H2,1-3H3,(H,31,32)/t18-/m1/s1. The summed E-state index contributed by atoms with van der Waals surface area (Å²) in [5, 5.41) is 4.20. The summed E-state index contributed by atoms with van der Waals surface area (Å²) in [7, 11) is -1.54. The predicted octanol–water partition coefficient (Wildman–Crippen LogP) is 3.82. The summed E-state index contributed by atoms with van der Waals surface area (Å²) < 4.78 is 52.8. The van der Waals surface area contributed by atoms with Crippen LogP contribution in [-0.4, -0.2) is 77.5 Å². The predicted molar refractivity (Wildman–Crippen MR) is 155 cm³/mol. The average molecular weight is 595 g/mol. The van der Waals surface area contributed by atoms with Crippen LogP contribution >= 0.6 is 0 Å². The molecule has 3 aromatic rings. The minimum atomic E-state index is -4.27. The van der Waals surface area contributed by atoms with Crippen molar-refractivity contribution in [2.45, 2.75) is 49.0 Å². The highest BCUT2D eigenvalue weighted by Crippen LogP contribution is 2.59. The molecule has 2 aliphatic heterocycles. The number of aromatic nitrogens is 1. The van der Waals surface area contributed by atoms with Gasteiger partial charge in [0.1, 0.15) is 11.5 Å². The van der Waals surface area contributed by atoms with Crippen LogP contribution in [-0.2, 0) is 26.6 Å². The highest BCUT2D eigenvalue weighted by atomic mass is 32.2. The number of anilines is 2. The number of amides is 1. The van der Waals surface area contributed by atoms with Crippen molar-refractivity contribution in [1.82, 2.24) is 10.1 Å². The first-order chi connectivity index (χ1) is 20.2. The fourth-order valence-corrected chi connectivity index (χ4v) is 7.72. The van der Waals surface area contributed by atoms with Gasteiger partial charge in [-0.05, 0) is 62.4 Å². The lowest BCUT2D eigenvalue weighted by atomic mass is 9.79. The molecule has 3 fully saturated rings. The topological polar surface area (TPSA) is 123 Å². The van der Waals surface area contributed by atoms with Gasteiger partial charge in [0.15, 0.2) is 16.5 Å². The molecule has 7 rings (SSSR count). The van der Waals surface area contributed by atoms with E-state index in [9.17, 15) is 13.2 Å². The van der Waals surface area contributed by atoms with Gasteiger partial charge < -0.3 is 28.5 Å². The number of nitrogens with zero attached hydrogens (tertiary/aromatic N) is 3. The lowest BCUT2D eigenvalue weighted by Crippen LogP contribution is -2.47. The maximum atomic E-state index is 13.9. The first-order valence-corrected chi connectivity index (χ1v) is 15.8. The van der Waals surface area contributed by atoms with E-state index in [1.54, 1.807) is 4.90 Å². The third kappa shape index (κ3) is 4.30. The van der Waals surface area contributed by atoms with Crippen molar-refractivity contribution in [3.05, 3.63) is 47.0 Å². The highest BCUT2D eigenvalue weighted by molar-refractivity contribution is 7.93. The third-order valence-electron chi connectivity index (χ3n) is 9.03. The van der Waals surface area contributed by atoms with E-state index in [4.69, 9.17) is 18.7 Å². The minimum absolute atomic E-state index is 0.00771. The summed E-state index contributed by atoms with van der Waals surface area (Å²) in [6.45, 7) is 5.27. The van der Waals surface area contributed by atoms with Crippen LogP contribution in [0, 0.1) is 0 Å². The molecule has 2 aromatic carbocycles. The number of nitrogens with one attached hydrogen (secondary N) is 1. The van der Waals surface area contributed by atoms with Crippen LogP contribution < -0.4 is 19.1 Å². The van der Waals surface area contributed by atoms with E-state index in [0.29, 0.717) is 31.9 Å². The van der Waals surface area contributed by atoms with E-state index >= 15 is 0 Å². The monoisotopic (exact) mass is 594 g/mol. The van der Waals surface area contributed by atoms with E-state index in [1.165, 1.54) is 38.3 Å². The van der Waals surface area contributed by atoms with Crippen molar-refractivity contribution in [3.8, 4) is 22.8 Å². The van der Waals surface area contributed by atoms with Crippen LogP contribution in [0.3, 0.4) is 0 Å². The molecular weight excluding hydrogens is 560 g/mol. The Morgan fingerprint density at radius 2 is 1.83 bits per heavy atom. The molecule has 12 heteroatoms. The zero-order valence-corrected chi connectivity index (χ0v) is 24.8. The van der Waals surface area contributed by atoms with Gasteiger partial charge in [0.25, 0.3) is 15.9 Å². The van der Waals surface area contributed by atoms with Crippen LogP contribution in [0.1, 0.15) is 47.7 Å². The fraction of sp³-hybridized carbons (Fsp3) is 0.467. The maximum Gasteiger partial charge on any atom is 0.270 e. The van der Waals surface area contributed by atoms with E-state index < -0.39 is 10.0 Å². The average Bonchev–Trinajstić information content (AvgIpc) is 3.63. The summed E-state index contributed by atoms with van der Waals surface area (Å²) in [5.74, 6) is 0.485. The number of benzene rings is 2. The molecule has 4 aliphatic rings. The molecule has 42 heavy (non-hydrogen) atoms. The zero-order chi connectivity index (χ0) is 29.2. The van der Waals surface area contributed by atoms with Crippen molar-refractivity contribution >= 4 is 27.4 Å². The van der Waals surface area contributed by atoms with E-state index in [2.05, 4.69) is 33.0 Å². The van der Waals surface area contributed by atoms with Crippen molar-refractivity contribution < 1.29 is 31.9 Å². The summed E-state index contributed by atoms with van der Waals surface area (Å²) in [4.78, 5) is 17.2. The SMILES string of the molecule is COc1cc(C(=O)N2CCOC[C@H]2C)cc(OC)c1S(=O)(=O)Nc1noc2c1CC1(CC1)c1ccc(N3CCC3)cc1-2. The normalized spacial score (nSPS) is 20.4. The Bertz CT molecular complexity index is 1650. The van der Waals surface area contributed by atoms with E-state index in [1.807, 2.05) is 6.92 Å². The van der Waals surface area contributed by atoms with Crippen LogP contribution in [0.5, 0.6) is 11.5 Å². The lowest BCUT2D eigenvalue weighted by Gasteiger charge is -2.34. The summed E-state index contributed by atoms with van der Waals surface area (Å²) in [6.07, 6.45) is 3.87. The fourth-order valence-electron chi connectivity index (χ4n) is 6.39. The molecule has 3 heterocycles. The van der Waals surface area contributed by atoms with Crippen molar-refractivity contribution in [3.63, 3.8) is 0 Å². The molecule has 2 saturated heterocycles. The number of fused-ring (bicyclic) bond motifs is 4. The van der Waals surface area contributed by atoms with E-state index in [-0.39, 0.29) is 45.1 Å². The third-order valence-corrected chi connectivity index (χ3v) is 10.4. The summed E-state index contributed by atoms with van der Waals surface area (Å²) in [6, 6.07) is 9.28. The van der Waals surface area contributed by atoms with Gasteiger partial charge in [-0.25, -0.2) is 8.42 Å². The number of carbonyl (C=O) groups is 1. The Hall–Kier alpha value is -3.77. The number of sulfonamides is 1. The second kappa shape index (κ2) is 9.91. The number of rotatable bonds is 7. The molecule has 1 atom stereocenters. The molecule has 0 bridgehead atoms. The highest BCUT2D eigenvalue weighted by Gasteiger charge is 2.51. The smallest absolute Gasteiger partial charge is 0.270 e. The van der Waals surface area contributed by atoms with Crippen LogP contribution in [0.25, 0.3) is 11.3 Å². The Balaban J connectivity index is 1.24. The molecule has 1 N–H and O–H groups in total. The second-order valence-corrected chi connectivity index (χ2v) is 13.2. The number of carbonyl (C=O) groups excluding carboxylic acids is 1. The van der Waals surface area contributed by atoms with Crippen LogP contribution in [0.15, 0.2) is 39.8 Å². The summed E-state index contributed by atoms with van der Waals surface area (Å²) >= 11 is 0. The number of morpholine rings is 1. The van der Waals surface area contributed by atoms with Gasteiger partial charge in [-0.3, -0.25) is 9.52 Å². The largest absolute Gasteiger partial charge is 0.495 e. The van der Waals surface area contributed by atoms with Crippen molar-refractivity contribution in [2.75, 3.05) is 56.7 Å². The van der Waals surface area contributed by atoms with Gasteiger partial charge in [0, 0.05) is 47.4 Å². The van der Waals surface area contributed by atoms with Crippen LogP contribution in [0.2, 0.25) is 0 Å².